The first-order chi connectivity index (χ1) is 7.88. The number of nitro benzene ring substituents is 1. The Balaban J connectivity index is 3.24. The van der Waals surface area contributed by atoms with E-state index in [4.69, 9.17) is 15.3 Å². The lowest BCUT2D eigenvalue weighted by Gasteiger charge is -2.16. The van der Waals surface area contributed by atoms with Crippen LogP contribution in [0.4, 0.5) is 10.1 Å². The molecule has 7 nitrogen and oxygen atoms in total. The topological polar surface area (TPSA) is 124 Å². The third-order valence-corrected chi connectivity index (χ3v) is 2.16. The summed E-state index contributed by atoms with van der Waals surface area (Å²) >= 11 is 0. The Morgan fingerprint density at radius 2 is 2.00 bits per heavy atom. The van der Waals surface area contributed by atoms with Gasteiger partial charge >= 0.3 is 5.69 Å². The molecular formula is C9H10FNO6. The Morgan fingerprint density at radius 3 is 2.47 bits per heavy atom. The number of aromatic hydroxyl groups is 1. The van der Waals surface area contributed by atoms with Gasteiger partial charge in [-0.15, -0.1) is 0 Å². The molecule has 0 aliphatic heterocycles. The number of nitrogens with zero attached hydrogens (tertiary/aromatic N) is 1. The number of hydrogen-bond acceptors (Lipinski definition) is 6. The number of aliphatic hydroxyl groups is 3. The molecule has 0 aliphatic rings. The summed E-state index contributed by atoms with van der Waals surface area (Å²) in [4.78, 5) is 9.51. The van der Waals surface area contributed by atoms with Crippen LogP contribution in [-0.4, -0.2) is 38.1 Å². The van der Waals surface area contributed by atoms with Crippen molar-refractivity contribution in [2.75, 3.05) is 6.61 Å². The Kier molecular flexibility index (Phi) is 3.94. The molecule has 0 saturated heterocycles. The Hall–Kier alpha value is -1.77. The molecular weight excluding hydrogens is 237 g/mol. The highest BCUT2D eigenvalue weighted by Crippen LogP contribution is 2.32. The minimum atomic E-state index is -1.82. The molecule has 0 saturated carbocycles. The molecule has 0 spiro atoms. The van der Waals surface area contributed by atoms with E-state index in [1.165, 1.54) is 0 Å². The monoisotopic (exact) mass is 247 g/mol. The second-order valence-corrected chi connectivity index (χ2v) is 3.31. The van der Waals surface area contributed by atoms with Gasteiger partial charge in [-0.25, -0.2) is 4.39 Å². The summed E-state index contributed by atoms with van der Waals surface area (Å²) < 4.78 is 13.3. The summed E-state index contributed by atoms with van der Waals surface area (Å²) in [5.74, 6) is -2.00. The number of phenolic OH excluding ortho intramolecular Hbond substituents is 1. The highest BCUT2D eigenvalue weighted by Gasteiger charge is 2.26. The first kappa shape index (κ1) is 13.3. The van der Waals surface area contributed by atoms with Crippen LogP contribution in [0.25, 0.3) is 0 Å². The molecule has 0 radical (unpaired) electrons. The molecule has 0 amide bonds. The van der Waals surface area contributed by atoms with Crippen molar-refractivity contribution >= 4 is 5.69 Å². The molecule has 1 rings (SSSR count). The van der Waals surface area contributed by atoms with Crippen LogP contribution in [0.5, 0.6) is 5.75 Å². The average Bonchev–Trinajstić information content (AvgIpc) is 2.26. The predicted molar refractivity (Wildman–Crippen MR) is 52.8 cm³/mol. The SMILES string of the molecule is O=[N+]([O-])c1cc(C(O)C(O)CO)c(F)cc1O. The maximum Gasteiger partial charge on any atom is 0.311 e. The van der Waals surface area contributed by atoms with Crippen LogP contribution in [0.2, 0.25) is 0 Å². The van der Waals surface area contributed by atoms with Gasteiger partial charge in [0.1, 0.15) is 18.0 Å². The van der Waals surface area contributed by atoms with Crippen molar-refractivity contribution in [1.29, 1.82) is 0 Å². The number of aliphatic hydroxyl groups excluding tert-OH is 3. The maximum atomic E-state index is 13.3. The molecule has 0 heterocycles. The molecule has 2 atom stereocenters. The summed E-state index contributed by atoms with van der Waals surface area (Å²) in [6.07, 6.45) is -3.49. The van der Waals surface area contributed by atoms with Crippen LogP contribution >= 0.6 is 0 Å². The van der Waals surface area contributed by atoms with E-state index in [-0.39, 0.29) is 0 Å². The lowest BCUT2D eigenvalue weighted by molar-refractivity contribution is -0.386. The van der Waals surface area contributed by atoms with E-state index >= 15 is 0 Å². The second-order valence-electron chi connectivity index (χ2n) is 3.31. The minimum Gasteiger partial charge on any atom is -0.502 e. The average molecular weight is 247 g/mol. The normalized spacial score (nSPS) is 14.4. The summed E-state index contributed by atoms with van der Waals surface area (Å²) in [5.41, 5.74) is -1.37. The largest absolute Gasteiger partial charge is 0.502 e. The molecule has 1 aromatic rings. The summed E-state index contributed by atoms with van der Waals surface area (Å²) in [5, 5.41) is 46.7. The van der Waals surface area contributed by atoms with E-state index in [0.29, 0.717) is 12.1 Å². The third-order valence-electron chi connectivity index (χ3n) is 2.16. The number of phenols is 1. The number of hydrogen-bond donors (Lipinski definition) is 4. The lowest BCUT2D eigenvalue weighted by Crippen LogP contribution is -2.23. The molecule has 1 aromatic carbocycles. The minimum absolute atomic E-state index is 0.459. The van der Waals surface area contributed by atoms with Crippen LogP contribution in [0.3, 0.4) is 0 Å². The highest BCUT2D eigenvalue weighted by molar-refractivity contribution is 5.49. The van der Waals surface area contributed by atoms with Gasteiger partial charge in [-0.2, -0.15) is 0 Å². The van der Waals surface area contributed by atoms with Gasteiger partial charge in [0.25, 0.3) is 0 Å². The van der Waals surface area contributed by atoms with Crippen molar-refractivity contribution in [3.05, 3.63) is 33.6 Å². The van der Waals surface area contributed by atoms with Crippen LogP contribution in [-0.2, 0) is 0 Å². The predicted octanol–water partition coefficient (Wildman–Crippen LogP) is -0.174. The number of nitro groups is 1. The van der Waals surface area contributed by atoms with Gasteiger partial charge in [0, 0.05) is 17.7 Å². The fourth-order valence-electron chi connectivity index (χ4n) is 1.25. The Labute approximate surface area is 94.5 Å². The molecule has 8 heteroatoms. The second kappa shape index (κ2) is 5.04. The molecule has 0 aliphatic carbocycles. The summed E-state index contributed by atoms with van der Waals surface area (Å²) in [7, 11) is 0. The van der Waals surface area contributed by atoms with Crippen molar-refractivity contribution in [3.8, 4) is 5.75 Å². The van der Waals surface area contributed by atoms with Crippen LogP contribution < -0.4 is 0 Å². The van der Waals surface area contributed by atoms with Gasteiger partial charge in [-0.3, -0.25) is 10.1 Å². The van der Waals surface area contributed by atoms with Gasteiger partial charge in [0.15, 0.2) is 5.75 Å². The van der Waals surface area contributed by atoms with E-state index in [0.717, 1.165) is 0 Å². The molecule has 0 aromatic heterocycles. The van der Waals surface area contributed by atoms with Gasteiger partial charge in [-0.05, 0) is 0 Å². The molecule has 94 valence electrons. The van der Waals surface area contributed by atoms with Crippen LogP contribution in [0.1, 0.15) is 11.7 Å². The zero-order valence-corrected chi connectivity index (χ0v) is 8.45. The number of benzene rings is 1. The molecule has 17 heavy (non-hydrogen) atoms. The van der Waals surface area contributed by atoms with Crippen LogP contribution in [0, 0.1) is 15.9 Å². The van der Waals surface area contributed by atoms with E-state index < -0.39 is 46.6 Å². The first-order valence-corrected chi connectivity index (χ1v) is 4.52. The van der Waals surface area contributed by atoms with Crippen molar-refractivity contribution in [2.24, 2.45) is 0 Å². The Bertz CT molecular complexity index is 438. The van der Waals surface area contributed by atoms with E-state index in [9.17, 15) is 19.6 Å². The van der Waals surface area contributed by atoms with Gasteiger partial charge in [0.2, 0.25) is 0 Å². The first-order valence-electron chi connectivity index (χ1n) is 4.52. The molecule has 4 N–H and O–H groups in total. The van der Waals surface area contributed by atoms with Crippen molar-refractivity contribution in [1.82, 2.24) is 0 Å². The molecule has 0 bridgehead atoms. The zero-order chi connectivity index (χ0) is 13.2. The lowest BCUT2D eigenvalue weighted by atomic mass is 10.0. The van der Waals surface area contributed by atoms with E-state index in [1.807, 2.05) is 0 Å². The standard InChI is InChI=1S/C9H10FNO6/c10-5-2-7(13)6(11(16)17)1-4(5)9(15)8(14)3-12/h1-2,8-9,12-15H,3H2. The van der Waals surface area contributed by atoms with Crippen molar-refractivity contribution < 1.29 is 29.7 Å². The third kappa shape index (κ3) is 2.67. The fraction of sp³-hybridized carbons (Fsp3) is 0.333. The summed E-state index contributed by atoms with van der Waals surface area (Å²) in [6, 6.07) is 1.06. The van der Waals surface area contributed by atoms with Crippen LogP contribution in [0.15, 0.2) is 12.1 Å². The fourth-order valence-corrected chi connectivity index (χ4v) is 1.25. The van der Waals surface area contributed by atoms with Gasteiger partial charge in [-0.1, -0.05) is 0 Å². The van der Waals surface area contributed by atoms with E-state index in [1.54, 1.807) is 0 Å². The van der Waals surface area contributed by atoms with Gasteiger partial charge < -0.3 is 20.4 Å². The number of rotatable bonds is 4. The molecule has 2 unspecified atom stereocenters. The zero-order valence-electron chi connectivity index (χ0n) is 8.45. The smallest absolute Gasteiger partial charge is 0.311 e. The van der Waals surface area contributed by atoms with Gasteiger partial charge in [0.05, 0.1) is 11.5 Å². The highest BCUT2D eigenvalue weighted by atomic mass is 19.1. The maximum absolute atomic E-state index is 13.3. The van der Waals surface area contributed by atoms with Crippen molar-refractivity contribution in [2.45, 2.75) is 12.2 Å². The number of halogens is 1. The van der Waals surface area contributed by atoms with E-state index in [2.05, 4.69) is 0 Å². The van der Waals surface area contributed by atoms with Crippen molar-refractivity contribution in [3.63, 3.8) is 0 Å². The molecule has 0 fully saturated rings. The quantitative estimate of drug-likeness (QED) is 0.432. The Morgan fingerprint density at radius 1 is 1.41 bits per heavy atom. The summed E-state index contributed by atoms with van der Waals surface area (Å²) in [6.45, 7) is -0.838.